The zero-order chi connectivity index (χ0) is 14.6. The molecule has 1 aromatic rings. The minimum atomic E-state index is -0.231. The van der Waals surface area contributed by atoms with Crippen LogP contribution in [0.25, 0.3) is 0 Å². The molecule has 1 heterocycles. The molecule has 0 spiro atoms. The van der Waals surface area contributed by atoms with E-state index in [0.717, 1.165) is 17.1 Å². The SMILES string of the molecule is CCC(C)(C)NC(=O)C(C)NC(C)c1nc(C)cs1. The number of nitrogens with one attached hydrogen (secondary N) is 2. The lowest BCUT2D eigenvalue weighted by Crippen LogP contribution is -2.51. The van der Waals surface area contributed by atoms with E-state index in [1.165, 1.54) is 0 Å². The van der Waals surface area contributed by atoms with Gasteiger partial charge in [0, 0.05) is 16.6 Å². The van der Waals surface area contributed by atoms with Crippen molar-refractivity contribution >= 4 is 17.2 Å². The lowest BCUT2D eigenvalue weighted by atomic mass is 10.0. The van der Waals surface area contributed by atoms with Crippen molar-refractivity contribution in [1.82, 2.24) is 15.6 Å². The van der Waals surface area contributed by atoms with Crippen molar-refractivity contribution < 1.29 is 4.79 Å². The summed E-state index contributed by atoms with van der Waals surface area (Å²) in [6, 6.07) is -0.144. The largest absolute Gasteiger partial charge is 0.350 e. The van der Waals surface area contributed by atoms with E-state index in [1.807, 2.05) is 40.0 Å². The van der Waals surface area contributed by atoms with Crippen molar-refractivity contribution in [2.75, 3.05) is 0 Å². The lowest BCUT2D eigenvalue weighted by Gasteiger charge is -2.27. The zero-order valence-corrected chi connectivity index (χ0v) is 13.5. The van der Waals surface area contributed by atoms with Gasteiger partial charge in [-0.2, -0.15) is 0 Å². The molecule has 0 saturated carbocycles. The molecule has 0 saturated heterocycles. The van der Waals surface area contributed by atoms with Gasteiger partial charge in [0.25, 0.3) is 0 Å². The Hall–Kier alpha value is -0.940. The van der Waals surface area contributed by atoms with E-state index < -0.39 is 0 Å². The van der Waals surface area contributed by atoms with E-state index in [4.69, 9.17) is 0 Å². The van der Waals surface area contributed by atoms with Crippen LogP contribution in [-0.2, 0) is 4.79 Å². The van der Waals surface area contributed by atoms with Gasteiger partial charge in [0.15, 0.2) is 0 Å². The highest BCUT2D eigenvalue weighted by molar-refractivity contribution is 7.09. The summed E-state index contributed by atoms with van der Waals surface area (Å²) in [5.74, 6) is 0.0342. The first kappa shape index (κ1) is 16.1. The molecule has 4 nitrogen and oxygen atoms in total. The Bertz CT molecular complexity index is 428. The highest BCUT2D eigenvalue weighted by Crippen LogP contribution is 2.18. The summed E-state index contributed by atoms with van der Waals surface area (Å²) < 4.78 is 0. The van der Waals surface area contributed by atoms with Crippen LogP contribution in [0.2, 0.25) is 0 Å². The Morgan fingerprint density at radius 2 is 2.11 bits per heavy atom. The quantitative estimate of drug-likeness (QED) is 0.844. The van der Waals surface area contributed by atoms with Gasteiger partial charge in [-0.1, -0.05) is 6.92 Å². The Labute approximate surface area is 120 Å². The summed E-state index contributed by atoms with van der Waals surface area (Å²) in [7, 11) is 0. The Morgan fingerprint density at radius 1 is 1.47 bits per heavy atom. The second-order valence-electron chi connectivity index (χ2n) is 5.66. The molecular weight excluding hydrogens is 258 g/mol. The average Bonchev–Trinajstić information content (AvgIpc) is 2.75. The molecular formula is C14H25N3OS. The molecule has 2 atom stereocenters. The third-order valence-electron chi connectivity index (χ3n) is 3.25. The molecule has 108 valence electrons. The van der Waals surface area contributed by atoms with Gasteiger partial charge in [-0.3, -0.25) is 10.1 Å². The molecule has 0 aliphatic carbocycles. The number of carbonyl (C=O) groups excluding carboxylic acids is 1. The maximum absolute atomic E-state index is 12.1. The zero-order valence-electron chi connectivity index (χ0n) is 12.7. The maximum atomic E-state index is 12.1. The molecule has 5 heteroatoms. The first-order valence-electron chi connectivity index (χ1n) is 6.75. The lowest BCUT2D eigenvalue weighted by molar-refractivity contribution is -0.124. The summed E-state index contributed by atoms with van der Waals surface area (Å²) >= 11 is 1.62. The number of aryl methyl sites for hydroxylation is 1. The minimum absolute atomic E-state index is 0.0342. The average molecular weight is 283 g/mol. The Morgan fingerprint density at radius 3 is 2.58 bits per heavy atom. The van der Waals surface area contributed by atoms with E-state index >= 15 is 0 Å². The van der Waals surface area contributed by atoms with Crippen LogP contribution < -0.4 is 10.6 Å². The predicted molar refractivity (Wildman–Crippen MR) is 80.4 cm³/mol. The molecule has 0 aliphatic heterocycles. The van der Waals surface area contributed by atoms with Crippen molar-refractivity contribution in [2.24, 2.45) is 0 Å². The van der Waals surface area contributed by atoms with Gasteiger partial charge in [-0.15, -0.1) is 11.3 Å². The molecule has 1 aromatic heterocycles. The van der Waals surface area contributed by atoms with E-state index in [9.17, 15) is 4.79 Å². The fourth-order valence-corrected chi connectivity index (χ4v) is 2.44. The van der Waals surface area contributed by atoms with Gasteiger partial charge < -0.3 is 5.32 Å². The number of aromatic nitrogens is 1. The van der Waals surface area contributed by atoms with Crippen molar-refractivity contribution in [3.8, 4) is 0 Å². The number of rotatable bonds is 6. The molecule has 0 aromatic carbocycles. The van der Waals surface area contributed by atoms with Crippen LogP contribution in [0.15, 0.2) is 5.38 Å². The number of hydrogen-bond acceptors (Lipinski definition) is 4. The summed E-state index contributed by atoms with van der Waals surface area (Å²) in [4.78, 5) is 16.5. The van der Waals surface area contributed by atoms with Gasteiger partial charge in [0.1, 0.15) is 5.01 Å². The van der Waals surface area contributed by atoms with E-state index in [0.29, 0.717) is 0 Å². The maximum Gasteiger partial charge on any atom is 0.237 e. The summed E-state index contributed by atoms with van der Waals surface area (Å²) in [5, 5.41) is 9.39. The van der Waals surface area contributed by atoms with E-state index in [-0.39, 0.29) is 23.5 Å². The number of carbonyl (C=O) groups is 1. The van der Waals surface area contributed by atoms with E-state index in [2.05, 4.69) is 22.5 Å². The van der Waals surface area contributed by atoms with Crippen LogP contribution in [0.5, 0.6) is 0 Å². The van der Waals surface area contributed by atoms with Crippen molar-refractivity contribution in [2.45, 2.75) is 65.6 Å². The normalized spacial score (nSPS) is 15.1. The summed E-state index contributed by atoms with van der Waals surface area (Å²) in [6.45, 7) is 12.0. The number of hydrogen-bond donors (Lipinski definition) is 2. The van der Waals surface area contributed by atoms with Gasteiger partial charge in [0.2, 0.25) is 5.91 Å². The van der Waals surface area contributed by atoms with Crippen molar-refractivity contribution in [1.29, 1.82) is 0 Å². The molecule has 19 heavy (non-hydrogen) atoms. The van der Waals surface area contributed by atoms with E-state index in [1.54, 1.807) is 11.3 Å². The first-order valence-corrected chi connectivity index (χ1v) is 7.63. The summed E-state index contributed by atoms with van der Waals surface area (Å²) in [6.07, 6.45) is 0.909. The van der Waals surface area contributed by atoms with Crippen LogP contribution in [0.3, 0.4) is 0 Å². The topological polar surface area (TPSA) is 54.0 Å². The molecule has 2 N–H and O–H groups in total. The van der Waals surface area contributed by atoms with Crippen LogP contribution in [0.4, 0.5) is 0 Å². The molecule has 1 amide bonds. The van der Waals surface area contributed by atoms with Gasteiger partial charge >= 0.3 is 0 Å². The number of nitrogens with zero attached hydrogens (tertiary/aromatic N) is 1. The van der Waals surface area contributed by atoms with Crippen LogP contribution in [0, 0.1) is 6.92 Å². The van der Waals surface area contributed by atoms with Crippen LogP contribution in [-0.4, -0.2) is 22.5 Å². The fourth-order valence-electron chi connectivity index (χ4n) is 1.62. The standard InChI is InChI=1S/C14H25N3OS/c1-7-14(5,6)17-12(18)10(3)16-11(4)13-15-9(2)8-19-13/h8,10-11,16H,7H2,1-6H3,(H,17,18). The third kappa shape index (κ3) is 4.91. The second kappa shape index (κ2) is 6.48. The molecule has 2 unspecified atom stereocenters. The fraction of sp³-hybridized carbons (Fsp3) is 0.714. The second-order valence-corrected chi connectivity index (χ2v) is 6.55. The monoisotopic (exact) mass is 283 g/mol. The number of thiazole rings is 1. The summed E-state index contributed by atoms with van der Waals surface area (Å²) in [5.41, 5.74) is 0.867. The molecule has 1 rings (SSSR count). The number of amides is 1. The van der Waals surface area contributed by atoms with Crippen LogP contribution in [0.1, 0.15) is 57.8 Å². The first-order chi connectivity index (χ1) is 8.75. The smallest absolute Gasteiger partial charge is 0.237 e. The molecule has 0 aliphatic rings. The Kier molecular flexibility index (Phi) is 5.50. The Balaban J connectivity index is 2.54. The van der Waals surface area contributed by atoms with Gasteiger partial charge in [-0.25, -0.2) is 4.98 Å². The van der Waals surface area contributed by atoms with Crippen molar-refractivity contribution in [3.05, 3.63) is 16.1 Å². The molecule has 0 radical (unpaired) electrons. The highest BCUT2D eigenvalue weighted by atomic mass is 32.1. The predicted octanol–water partition coefficient (Wildman–Crippen LogP) is 2.80. The third-order valence-corrected chi connectivity index (χ3v) is 4.39. The van der Waals surface area contributed by atoms with Gasteiger partial charge in [0.05, 0.1) is 12.1 Å². The minimum Gasteiger partial charge on any atom is -0.350 e. The highest BCUT2D eigenvalue weighted by Gasteiger charge is 2.23. The van der Waals surface area contributed by atoms with Crippen LogP contribution >= 0.6 is 11.3 Å². The van der Waals surface area contributed by atoms with Crippen molar-refractivity contribution in [3.63, 3.8) is 0 Å². The van der Waals surface area contributed by atoms with Gasteiger partial charge in [-0.05, 0) is 41.0 Å². The molecule has 0 fully saturated rings. The molecule has 0 bridgehead atoms.